The molecular weight excluding hydrogens is 318 g/mol. The molecule has 7 heteroatoms. The molecule has 5 nitrogen and oxygen atoms in total. The van der Waals surface area contributed by atoms with Gasteiger partial charge >= 0.3 is 12.5 Å². The fourth-order valence-electron chi connectivity index (χ4n) is 2.27. The van der Waals surface area contributed by atoms with E-state index in [1.165, 1.54) is 12.3 Å². The zero-order valence-electron chi connectivity index (χ0n) is 12.3. The topological polar surface area (TPSA) is 78.4 Å². The highest BCUT2D eigenvalue weighted by molar-refractivity contribution is 5.88. The van der Waals surface area contributed by atoms with E-state index in [0.29, 0.717) is 22.4 Å². The minimum absolute atomic E-state index is 0.0719. The summed E-state index contributed by atoms with van der Waals surface area (Å²) < 4.78 is 34.6. The van der Waals surface area contributed by atoms with Crippen LogP contribution in [0.1, 0.15) is 10.7 Å². The van der Waals surface area contributed by atoms with Gasteiger partial charge in [0.05, 0.1) is 0 Å². The summed E-state index contributed by atoms with van der Waals surface area (Å²) in [5, 5.41) is 0. The molecule has 1 amide bonds. The average molecular weight is 330 g/mol. The van der Waals surface area contributed by atoms with Gasteiger partial charge in [0.25, 0.3) is 5.89 Å². The minimum Gasteiger partial charge on any atom is -0.440 e. The van der Waals surface area contributed by atoms with E-state index < -0.39 is 12.5 Å². The van der Waals surface area contributed by atoms with Crippen molar-refractivity contribution in [1.82, 2.24) is 4.98 Å². The number of rotatable bonds is 5. The van der Waals surface area contributed by atoms with Gasteiger partial charge in [-0.2, -0.15) is 8.78 Å². The fourth-order valence-corrected chi connectivity index (χ4v) is 2.27. The van der Waals surface area contributed by atoms with Crippen molar-refractivity contribution < 1.29 is 22.7 Å². The molecule has 0 atom stereocenters. The van der Waals surface area contributed by atoms with Crippen molar-refractivity contribution in [3.8, 4) is 28.1 Å². The number of carbonyl (C=O) groups is 1. The lowest BCUT2D eigenvalue weighted by atomic mass is 10.0. The van der Waals surface area contributed by atoms with E-state index >= 15 is 0 Å². The van der Waals surface area contributed by atoms with Crippen LogP contribution in [0.2, 0.25) is 0 Å². The molecule has 24 heavy (non-hydrogen) atoms. The molecule has 0 bridgehead atoms. The molecule has 2 N–H and O–H groups in total. The number of para-hydroxylation sites is 1. The van der Waals surface area contributed by atoms with Crippen molar-refractivity contribution in [2.75, 3.05) is 0 Å². The zero-order chi connectivity index (χ0) is 17.1. The number of nitrogens with zero attached hydrogens (tertiary/aromatic N) is 1. The summed E-state index contributed by atoms with van der Waals surface area (Å²) >= 11 is 0. The number of primary amides is 1. The van der Waals surface area contributed by atoms with Crippen molar-refractivity contribution in [2.24, 2.45) is 5.73 Å². The smallest absolute Gasteiger partial charge is 0.387 e. The SMILES string of the molecule is NC(=O)c1nc(-c2cccc(-c3ccccc3OC(F)F)c2)co1. The molecule has 0 aliphatic heterocycles. The first kappa shape index (κ1) is 15.7. The number of amides is 1. The van der Waals surface area contributed by atoms with Gasteiger partial charge in [-0.05, 0) is 17.7 Å². The highest BCUT2D eigenvalue weighted by Crippen LogP contribution is 2.33. The van der Waals surface area contributed by atoms with Crippen LogP contribution in [0.15, 0.2) is 59.2 Å². The van der Waals surface area contributed by atoms with Crippen molar-refractivity contribution in [1.29, 1.82) is 0 Å². The summed E-state index contributed by atoms with van der Waals surface area (Å²) in [6, 6.07) is 13.5. The molecule has 0 radical (unpaired) electrons. The standard InChI is InChI=1S/C17H12F2N2O3/c18-17(19)24-14-7-2-1-6-12(14)10-4-3-5-11(8-10)13-9-23-16(21-13)15(20)22/h1-9,17H,(H2,20,22). The number of hydrogen-bond acceptors (Lipinski definition) is 4. The van der Waals surface area contributed by atoms with Gasteiger partial charge in [0.1, 0.15) is 17.7 Å². The third-order valence-corrected chi connectivity index (χ3v) is 3.29. The molecule has 3 aromatic rings. The fraction of sp³-hybridized carbons (Fsp3) is 0.0588. The number of aromatic nitrogens is 1. The quantitative estimate of drug-likeness (QED) is 0.773. The Labute approximate surface area is 135 Å². The molecule has 0 spiro atoms. The zero-order valence-corrected chi connectivity index (χ0v) is 12.3. The lowest BCUT2D eigenvalue weighted by molar-refractivity contribution is -0.0494. The first-order chi connectivity index (χ1) is 11.5. The second kappa shape index (κ2) is 6.49. The Bertz CT molecular complexity index is 878. The van der Waals surface area contributed by atoms with Gasteiger partial charge in [-0.3, -0.25) is 4.79 Å². The van der Waals surface area contributed by atoms with Crippen LogP contribution in [0.3, 0.4) is 0 Å². The molecule has 0 saturated carbocycles. The Kier molecular flexibility index (Phi) is 4.24. The highest BCUT2D eigenvalue weighted by atomic mass is 19.3. The second-order valence-corrected chi connectivity index (χ2v) is 4.86. The number of carbonyl (C=O) groups excluding carboxylic acids is 1. The van der Waals surface area contributed by atoms with Crippen LogP contribution in [-0.4, -0.2) is 17.5 Å². The van der Waals surface area contributed by atoms with Gasteiger partial charge < -0.3 is 14.9 Å². The molecule has 2 aromatic carbocycles. The maximum atomic E-state index is 12.6. The van der Waals surface area contributed by atoms with Crippen LogP contribution < -0.4 is 10.5 Å². The van der Waals surface area contributed by atoms with Crippen molar-refractivity contribution in [2.45, 2.75) is 6.61 Å². The Morgan fingerprint density at radius 2 is 1.88 bits per heavy atom. The maximum absolute atomic E-state index is 12.6. The van der Waals surface area contributed by atoms with Gasteiger partial charge in [0, 0.05) is 11.1 Å². The van der Waals surface area contributed by atoms with E-state index in [1.54, 1.807) is 42.5 Å². The maximum Gasteiger partial charge on any atom is 0.387 e. The van der Waals surface area contributed by atoms with Gasteiger partial charge in [0.15, 0.2) is 0 Å². The first-order valence-corrected chi connectivity index (χ1v) is 6.94. The number of hydrogen-bond donors (Lipinski definition) is 1. The van der Waals surface area contributed by atoms with E-state index in [1.807, 2.05) is 0 Å². The molecule has 122 valence electrons. The number of benzene rings is 2. The third kappa shape index (κ3) is 3.24. The molecule has 3 rings (SSSR count). The summed E-state index contributed by atoms with van der Waals surface area (Å²) in [5.74, 6) is -0.896. The molecule has 0 fully saturated rings. The van der Waals surface area contributed by atoms with Crippen molar-refractivity contribution >= 4 is 5.91 Å². The first-order valence-electron chi connectivity index (χ1n) is 6.94. The summed E-state index contributed by atoms with van der Waals surface area (Å²) in [4.78, 5) is 15.1. The van der Waals surface area contributed by atoms with Crippen LogP contribution in [0.25, 0.3) is 22.4 Å². The van der Waals surface area contributed by atoms with Crippen LogP contribution in [-0.2, 0) is 0 Å². The second-order valence-electron chi connectivity index (χ2n) is 4.86. The molecular formula is C17H12F2N2O3. The average Bonchev–Trinajstić information content (AvgIpc) is 3.05. The summed E-state index contributed by atoms with van der Waals surface area (Å²) in [6.45, 7) is -2.91. The normalized spacial score (nSPS) is 10.8. The summed E-state index contributed by atoms with van der Waals surface area (Å²) in [5.41, 5.74) is 7.34. The van der Waals surface area contributed by atoms with E-state index in [0.717, 1.165) is 0 Å². The van der Waals surface area contributed by atoms with Gasteiger partial charge in [-0.15, -0.1) is 0 Å². The lowest BCUT2D eigenvalue weighted by Gasteiger charge is -2.11. The molecule has 0 saturated heterocycles. The highest BCUT2D eigenvalue weighted by Gasteiger charge is 2.14. The van der Waals surface area contributed by atoms with E-state index in [9.17, 15) is 13.6 Å². The van der Waals surface area contributed by atoms with Crippen LogP contribution in [0.4, 0.5) is 8.78 Å². The minimum atomic E-state index is -2.91. The monoisotopic (exact) mass is 330 g/mol. The number of nitrogens with two attached hydrogens (primary N) is 1. The molecule has 1 aromatic heterocycles. The predicted octanol–water partition coefficient (Wildman–Crippen LogP) is 3.71. The van der Waals surface area contributed by atoms with E-state index in [-0.39, 0.29) is 11.6 Å². The molecule has 0 aliphatic rings. The number of alkyl halides is 2. The molecule has 1 heterocycles. The number of oxazole rings is 1. The lowest BCUT2D eigenvalue weighted by Crippen LogP contribution is -2.10. The van der Waals surface area contributed by atoms with Gasteiger partial charge in [-0.1, -0.05) is 36.4 Å². The number of halogens is 2. The van der Waals surface area contributed by atoms with Crippen LogP contribution >= 0.6 is 0 Å². The third-order valence-electron chi connectivity index (χ3n) is 3.29. The summed E-state index contributed by atoms with van der Waals surface area (Å²) in [7, 11) is 0. The Balaban J connectivity index is 2.00. The molecule has 0 aliphatic carbocycles. The Morgan fingerprint density at radius 1 is 1.12 bits per heavy atom. The largest absolute Gasteiger partial charge is 0.440 e. The van der Waals surface area contributed by atoms with Gasteiger partial charge in [-0.25, -0.2) is 4.98 Å². The Morgan fingerprint density at radius 3 is 2.58 bits per heavy atom. The van der Waals surface area contributed by atoms with Crippen LogP contribution in [0, 0.1) is 0 Å². The van der Waals surface area contributed by atoms with Crippen LogP contribution in [0.5, 0.6) is 5.75 Å². The predicted molar refractivity (Wildman–Crippen MR) is 82.5 cm³/mol. The summed E-state index contributed by atoms with van der Waals surface area (Å²) in [6.07, 6.45) is 1.31. The van der Waals surface area contributed by atoms with Gasteiger partial charge in [0.2, 0.25) is 0 Å². The number of ether oxygens (including phenoxy) is 1. The van der Waals surface area contributed by atoms with E-state index in [2.05, 4.69) is 9.72 Å². The van der Waals surface area contributed by atoms with Crippen molar-refractivity contribution in [3.05, 3.63) is 60.7 Å². The Hall–Kier alpha value is -3.22. The van der Waals surface area contributed by atoms with Crippen molar-refractivity contribution in [3.63, 3.8) is 0 Å². The molecule has 0 unspecified atom stereocenters. The van der Waals surface area contributed by atoms with E-state index in [4.69, 9.17) is 10.2 Å².